The van der Waals surface area contributed by atoms with Gasteiger partial charge in [-0.25, -0.2) is 8.78 Å². The molecule has 3 N–H and O–H groups in total. The highest BCUT2D eigenvalue weighted by Crippen LogP contribution is 2.42. The molecule has 0 bridgehead atoms. The molecule has 0 aromatic heterocycles. The van der Waals surface area contributed by atoms with Gasteiger partial charge in [-0.1, -0.05) is 24.3 Å². The lowest BCUT2D eigenvalue weighted by atomic mass is 9.94. The SMILES string of the molecule is O=C(N[C@H]1CC1c1ccc(F)cc1)[C@@H]1CNC[C@H]1C(=O)N[C@H]1C[C@@H]1c1ccc(F)cc1. The Kier molecular flexibility index (Phi) is 5.22. The standard InChI is InChI=1S/C24H25F2N3O2/c25-15-5-1-13(2-6-15)17-9-21(17)28-23(30)19-11-27-12-20(19)24(31)29-22-10-18(22)14-3-7-16(26)8-4-14/h1-8,17-22,27H,9-12H2,(H,28,30)(H,29,31)/t17-,18?,19-,20-,21+,22+/m1/s1. The van der Waals surface area contributed by atoms with E-state index in [1.165, 1.54) is 24.3 Å². The molecule has 1 heterocycles. The summed E-state index contributed by atoms with van der Waals surface area (Å²) in [6.07, 6.45) is 1.66. The molecule has 162 valence electrons. The van der Waals surface area contributed by atoms with E-state index in [9.17, 15) is 18.4 Å². The topological polar surface area (TPSA) is 70.2 Å². The lowest BCUT2D eigenvalue weighted by Gasteiger charge is -2.18. The molecule has 1 aliphatic heterocycles. The van der Waals surface area contributed by atoms with Crippen LogP contribution in [0.25, 0.3) is 0 Å². The van der Waals surface area contributed by atoms with Crippen molar-refractivity contribution in [1.29, 1.82) is 0 Å². The Bertz CT molecular complexity index is 900. The zero-order valence-corrected chi connectivity index (χ0v) is 17.0. The first-order valence-electron chi connectivity index (χ1n) is 10.8. The number of rotatable bonds is 6. The molecule has 3 aliphatic rings. The number of carbonyl (C=O) groups is 2. The summed E-state index contributed by atoms with van der Waals surface area (Å²) in [5.74, 6) is -1.16. The molecule has 2 aliphatic carbocycles. The van der Waals surface area contributed by atoms with Crippen molar-refractivity contribution in [2.75, 3.05) is 13.1 Å². The van der Waals surface area contributed by atoms with Crippen LogP contribution in [-0.2, 0) is 9.59 Å². The van der Waals surface area contributed by atoms with Crippen LogP contribution < -0.4 is 16.0 Å². The number of hydrogen-bond donors (Lipinski definition) is 3. The van der Waals surface area contributed by atoms with E-state index in [4.69, 9.17) is 0 Å². The number of amides is 2. The second-order valence-corrected chi connectivity index (χ2v) is 8.89. The Labute approximate surface area is 179 Å². The minimum Gasteiger partial charge on any atom is -0.352 e. The molecule has 5 rings (SSSR count). The van der Waals surface area contributed by atoms with Crippen LogP contribution in [0.1, 0.15) is 35.8 Å². The highest BCUT2D eigenvalue weighted by atomic mass is 19.1. The van der Waals surface area contributed by atoms with Crippen LogP contribution in [0.3, 0.4) is 0 Å². The molecule has 1 unspecified atom stereocenters. The third-order valence-electron chi connectivity index (χ3n) is 6.72. The normalized spacial score (nSPS) is 31.2. The van der Waals surface area contributed by atoms with E-state index in [1.807, 2.05) is 0 Å². The van der Waals surface area contributed by atoms with Gasteiger partial charge in [0.1, 0.15) is 11.6 Å². The van der Waals surface area contributed by atoms with Gasteiger partial charge in [-0.05, 0) is 48.2 Å². The van der Waals surface area contributed by atoms with E-state index in [-0.39, 0.29) is 47.4 Å². The fraction of sp³-hybridized carbons (Fsp3) is 0.417. The summed E-state index contributed by atoms with van der Waals surface area (Å²) in [6.45, 7) is 0.952. The molecule has 2 aromatic carbocycles. The third-order valence-corrected chi connectivity index (χ3v) is 6.72. The van der Waals surface area contributed by atoms with E-state index < -0.39 is 11.8 Å². The molecule has 7 heteroatoms. The molecule has 3 fully saturated rings. The van der Waals surface area contributed by atoms with Gasteiger partial charge in [-0.2, -0.15) is 0 Å². The van der Waals surface area contributed by atoms with E-state index in [2.05, 4.69) is 16.0 Å². The Hall–Kier alpha value is -2.80. The predicted molar refractivity (Wildman–Crippen MR) is 111 cm³/mol. The second-order valence-electron chi connectivity index (χ2n) is 8.89. The lowest BCUT2D eigenvalue weighted by Crippen LogP contribution is -2.43. The Balaban J connectivity index is 1.14. The first-order valence-corrected chi connectivity index (χ1v) is 10.8. The van der Waals surface area contributed by atoms with Crippen molar-refractivity contribution in [1.82, 2.24) is 16.0 Å². The van der Waals surface area contributed by atoms with E-state index in [0.717, 1.165) is 24.0 Å². The highest BCUT2D eigenvalue weighted by Gasteiger charge is 2.46. The molecule has 0 radical (unpaired) electrons. The molecule has 2 aromatic rings. The monoisotopic (exact) mass is 425 g/mol. The molecule has 31 heavy (non-hydrogen) atoms. The summed E-state index contributed by atoms with van der Waals surface area (Å²) in [7, 11) is 0. The van der Waals surface area contributed by atoms with Crippen molar-refractivity contribution >= 4 is 11.8 Å². The van der Waals surface area contributed by atoms with Gasteiger partial charge in [0.25, 0.3) is 0 Å². The number of benzene rings is 2. The van der Waals surface area contributed by atoms with Crippen LogP contribution in [0.4, 0.5) is 8.78 Å². The number of hydrogen-bond acceptors (Lipinski definition) is 3. The first-order chi connectivity index (χ1) is 15.0. The van der Waals surface area contributed by atoms with Crippen molar-refractivity contribution in [2.24, 2.45) is 11.8 Å². The summed E-state index contributed by atoms with van der Waals surface area (Å²) < 4.78 is 26.2. The van der Waals surface area contributed by atoms with Gasteiger partial charge >= 0.3 is 0 Å². The molecule has 6 atom stereocenters. The van der Waals surface area contributed by atoms with Crippen LogP contribution in [0, 0.1) is 23.5 Å². The average Bonchev–Trinajstić information content (AvgIpc) is 3.64. The largest absolute Gasteiger partial charge is 0.352 e. The smallest absolute Gasteiger partial charge is 0.225 e. The minimum atomic E-state index is -0.405. The fourth-order valence-electron chi connectivity index (χ4n) is 4.68. The first kappa shape index (κ1) is 20.1. The zero-order valence-electron chi connectivity index (χ0n) is 17.0. The number of nitrogens with one attached hydrogen (secondary N) is 3. The molecular formula is C24H25F2N3O2. The van der Waals surface area contributed by atoms with Crippen molar-refractivity contribution in [3.8, 4) is 0 Å². The summed E-state index contributed by atoms with van der Waals surface area (Å²) in [6, 6.07) is 12.8. The van der Waals surface area contributed by atoms with Crippen LogP contribution in [0.15, 0.2) is 48.5 Å². The number of halogens is 2. The maximum Gasteiger partial charge on any atom is 0.225 e. The van der Waals surface area contributed by atoms with Crippen molar-refractivity contribution in [3.05, 3.63) is 71.3 Å². The van der Waals surface area contributed by atoms with Crippen molar-refractivity contribution in [2.45, 2.75) is 36.8 Å². The molecular weight excluding hydrogens is 400 g/mol. The van der Waals surface area contributed by atoms with Crippen LogP contribution in [0.2, 0.25) is 0 Å². The quantitative estimate of drug-likeness (QED) is 0.666. The fourth-order valence-corrected chi connectivity index (χ4v) is 4.68. The van der Waals surface area contributed by atoms with E-state index in [0.29, 0.717) is 13.1 Å². The van der Waals surface area contributed by atoms with Gasteiger partial charge in [0, 0.05) is 37.0 Å². The molecule has 2 amide bonds. The van der Waals surface area contributed by atoms with E-state index in [1.54, 1.807) is 24.3 Å². The van der Waals surface area contributed by atoms with E-state index >= 15 is 0 Å². The van der Waals surface area contributed by atoms with Crippen LogP contribution in [-0.4, -0.2) is 37.0 Å². The van der Waals surface area contributed by atoms with Crippen molar-refractivity contribution < 1.29 is 18.4 Å². The van der Waals surface area contributed by atoms with Crippen LogP contribution >= 0.6 is 0 Å². The Morgan fingerprint density at radius 2 is 1.10 bits per heavy atom. The molecule has 5 nitrogen and oxygen atoms in total. The predicted octanol–water partition coefficient (Wildman–Crippen LogP) is 2.44. The summed E-state index contributed by atoms with van der Waals surface area (Å²) in [5, 5.41) is 9.29. The summed E-state index contributed by atoms with van der Waals surface area (Å²) in [5.41, 5.74) is 2.04. The summed E-state index contributed by atoms with van der Waals surface area (Å²) in [4.78, 5) is 25.7. The maximum atomic E-state index is 13.1. The minimum absolute atomic E-state index is 0.0357. The Morgan fingerprint density at radius 3 is 1.48 bits per heavy atom. The third kappa shape index (κ3) is 4.32. The van der Waals surface area contributed by atoms with Gasteiger partial charge in [-0.15, -0.1) is 0 Å². The van der Waals surface area contributed by atoms with Crippen molar-refractivity contribution in [3.63, 3.8) is 0 Å². The molecule has 0 spiro atoms. The second kappa shape index (κ2) is 8.04. The highest BCUT2D eigenvalue weighted by molar-refractivity contribution is 5.89. The summed E-state index contributed by atoms with van der Waals surface area (Å²) >= 11 is 0. The van der Waals surface area contributed by atoms with Gasteiger partial charge in [0.2, 0.25) is 11.8 Å². The zero-order chi connectivity index (χ0) is 21.5. The van der Waals surface area contributed by atoms with Gasteiger partial charge in [0.15, 0.2) is 0 Å². The molecule has 1 saturated heterocycles. The lowest BCUT2D eigenvalue weighted by molar-refractivity contribution is -0.133. The van der Waals surface area contributed by atoms with Crippen LogP contribution in [0.5, 0.6) is 0 Å². The number of carbonyl (C=O) groups excluding carboxylic acids is 2. The maximum absolute atomic E-state index is 13.1. The molecule has 2 saturated carbocycles. The Morgan fingerprint density at radius 1 is 0.710 bits per heavy atom. The van der Waals surface area contributed by atoms with Gasteiger partial charge in [-0.3, -0.25) is 9.59 Å². The van der Waals surface area contributed by atoms with Gasteiger partial charge in [0.05, 0.1) is 11.8 Å². The average molecular weight is 425 g/mol. The van der Waals surface area contributed by atoms with Gasteiger partial charge < -0.3 is 16.0 Å².